The maximum Gasteiger partial charge on any atom is 0.262 e. The molecule has 1 amide bonds. The molecule has 0 spiro atoms. The van der Waals surface area contributed by atoms with E-state index in [0.29, 0.717) is 16.3 Å². The van der Waals surface area contributed by atoms with Crippen LogP contribution in [0, 0.1) is 0 Å². The number of hydrogen-bond acceptors (Lipinski definition) is 5. The molecule has 0 unspecified atom stereocenters. The van der Waals surface area contributed by atoms with Crippen LogP contribution in [0.1, 0.15) is 12.5 Å². The second kappa shape index (κ2) is 7.47. The van der Waals surface area contributed by atoms with E-state index < -0.39 is 0 Å². The average molecular weight is 393 g/mol. The molecule has 4 rings (SSSR count). The number of nitrogens with one attached hydrogen (secondary N) is 1. The van der Waals surface area contributed by atoms with Crippen molar-refractivity contribution < 1.29 is 4.79 Å². The number of aromatic nitrogens is 4. The van der Waals surface area contributed by atoms with Crippen molar-refractivity contribution in [3.8, 4) is 0 Å². The van der Waals surface area contributed by atoms with Gasteiger partial charge in [-0.1, -0.05) is 43.0 Å². The smallest absolute Gasteiger partial charge is 0.262 e. The van der Waals surface area contributed by atoms with E-state index in [1.165, 1.54) is 21.9 Å². The summed E-state index contributed by atoms with van der Waals surface area (Å²) in [5.41, 5.74) is 2.55. The molecule has 2 heterocycles. The van der Waals surface area contributed by atoms with Crippen molar-refractivity contribution in [3.05, 3.63) is 64.4 Å². The molecule has 0 atom stereocenters. The summed E-state index contributed by atoms with van der Waals surface area (Å²) in [6, 6.07) is 15.1. The van der Waals surface area contributed by atoms with Gasteiger partial charge in [-0.25, -0.2) is 0 Å². The summed E-state index contributed by atoms with van der Waals surface area (Å²) in [6.07, 6.45) is 0.913. The summed E-state index contributed by atoms with van der Waals surface area (Å²) in [7, 11) is 1.67. The minimum Gasteiger partial charge on any atom is -0.325 e. The van der Waals surface area contributed by atoms with Crippen LogP contribution >= 0.6 is 11.8 Å². The van der Waals surface area contributed by atoms with E-state index in [2.05, 4.69) is 22.4 Å². The van der Waals surface area contributed by atoms with E-state index in [0.717, 1.165) is 17.6 Å². The minimum atomic E-state index is -0.124. The van der Waals surface area contributed by atoms with E-state index in [4.69, 9.17) is 0 Å². The molecule has 7 nitrogen and oxygen atoms in total. The molecule has 0 saturated heterocycles. The van der Waals surface area contributed by atoms with Gasteiger partial charge in [0.25, 0.3) is 5.56 Å². The van der Waals surface area contributed by atoms with Crippen LogP contribution in [0.3, 0.4) is 0 Å². The summed E-state index contributed by atoms with van der Waals surface area (Å²) in [5, 5.41) is 12.4. The lowest BCUT2D eigenvalue weighted by molar-refractivity contribution is -0.113. The number of carbonyl (C=O) groups is 1. The van der Waals surface area contributed by atoms with Crippen LogP contribution in [-0.4, -0.2) is 30.8 Å². The fourth-order valence-electron chi connectivity index (χ4n) is 3.10. The van der Waals surface area contributed by atoms with Crippen molar-refractivity contribution in [1.29, 1.82) is 0 Å². The summed E-state index contributed by atoms with van der Waals surface area (Å²) >= 11 is 1.29. The Morgan fingerprint density at radius 3 is 2.79 bits per heavy atom. The first kappa shape index (κ1) is 18.2. The van der Waals surface area contributed by atoms with E-state index in [9.17, 15) is 9.59 Å². The Hall–Kier alpha value is -3.13. The largest absolute Gasteiger partial charge is 0.325 e. The van der Waals surface area contributed by atoms with Gasteiger partial charge in [-0.15, -0.1) is 10.2 Å². The van der Waals surface area contributed by atoms with Crippen molar-refractivity contribution in [2.45, 2.75) is 18.5 Å². The molecule has 0 bridgehead atoms. The molecule has 0 aliphatic rings. The predicted octanol–water partition coefficient (Wildman–Crippen LogP) is 2.87. The highest BCUT2D eigenvalue weighted by molar-refractivity contribution is 7.99. The van der Waals surface area contributed by atoms with Crippen LogP contribution in [0.15, 0.2) is 58.5 Å². The lowest BCUT2D eigenvalue weighted by atomic mass is 10.1. The molecule has 2 aromatic carbocycles. The zero-order valence-corrected chi connectivity index (χ0v) is 16.4. The van der Waals surface area contributed by atoms with Gasteiger partial charge in [0, 0.05) is 12.7 Å². The van der Waals surface area contributed by atoms with Gasteiger partial charge in [0.1, 0.15) is 0 Å². The first-order valence-corrected chi connectivity index (χ1v) is 9.91. The van der Waals surface area contributed by atoms with Crippen molar-refractivity contribution in [2.75, 3.05) is 11.1 Å². The van der Waals surface area contributed by atoms with Crippen LogP contribution in [0.5, 0.6) is 0 Å². The van der Waals surface area contributed by atoms with E-state index in [1.807, 2.05) is 46.9 Å². The Morgan fingerprint density at radius 2 is 1.96 bits per heavy atom. The minimum absolute atomic E-state index is 0.121. The number of rotatable bonds is 5. The fraction of sp³-hybridized carbons (Fsp3) is 0.200. The summed E-state index contributed by atoms with van der Waals surface area (Å²) in [5.74, 6) is 0.514. The zero-order chi connectivity index (χ0) is 19.7. The standard InChI is InChI=1S/C20H19N5O2S/c1-3-13-7-6-8-14(11-13)21-17(26)12-28-20-23-22-19-24(2)18(27)15-9-4-5-10-16(15)25(19)20/h4-11H,3,12H2,1-2H3,(H,21,26). The van der Waals surface area contributed by atoms with Crippen molar-refractivity contribution in [3.63, 3.8) is 0 Å². The van der Waals surface area contributed by atoms with Crippen LogP contribution in [0.4, 0.5) is 5.69 Å². The highest BCUT2D eigenvalue weighted by atomic mass is 32.2. The molecule has 4 aromatic rings. The van der Waals surface area contributed by atoms with Gasteiger partial charge in [0.05, 0.1) is 16.7 Å². The van der Waals surface area contributed by atoms with E-state index in [-0.39, 0.29) is 17.2 Å². The third-order valence-electron chi connectivity index (χ3n) is 4.55. The number of para-hydroxylation sites is 1. The van der Waals surface area contributed by atoms with E-state index >= 15 is 0 Å². The van der Waals surface area contributed by atoms with Crippen molar-refractivity contribution >= 4 is 40.0 Å². The van der Waals surface area contributed by atoms with Gasteiger partial charge < -0.3 is 5.32 Å². The van der Waals surface area contributed by atoms with Crippen LogP contribution in [-0.2, 0) is 18.3 Å². The van der Waals surface area contributed by atoms with Gasteiger partial charge in [0.2, 0.25) is 11.7 Å². The summed E-state index contributed by atoms with van der Waals surface area (Å²) < 4.78 is 3.28. The van der Waals surface area contributed by atoms with Crippen LogP contribution in [0.2, 0.25) is 0 Å². The maximum atomic E-state index is 12.5. The number of aryl methyl sites for hydroxylation is 2. The molecular weight excluding hydrogens is 374 g/mol. The van der Waals surface area contributed by atoms with Crippen molar-refractivity contribution in [1.82, 2.24) is 19.2 Å². The molecule has 0 aliphatic carbocycles. The number of benzene rings is 2. The Labute approximate surface area is 165 Å². The molecule has 2 aromatic heterocycles. The molecule has 0 radical (unpaired) electrons. The lowest BCUT2D eigenvalue weighted by Crippen LogP contribution is -2.20. The Kier molecular flexibility index (Phi) is 4.87. The first-order chi connectivity index (χ1) is 13.6. The maximum absolute atomic E-state index is 12.5. The third-order valence-corrected chi connectivity index (χ3v) is 5.48. The lowest BCUT2D eigenvalue weighted by Gasteiger charge is -2.08. The fourth-order valence-corrected chi connectivity index (χ4v) is 3.84. The zero-order valence-electron chi connectivity index (χ0n) is 15.5. The molecule has 8 heteroatoms. The number of amides is 1. The van der Waals surface area contributed by atoms with Gasteiger partial charge in [0.15, 0.2) is 5.16 Å². The molecule has 142 valence electrons. The Balaban J connectivity index is 1.60. The highest BCUT2D eigenvalue weighted by Gasteiger charge is 2.16. The second-order valence-corrected chi connectivity index (χ2v) is 7.33. The monoisotopic (exact) mass is 393 g/mol. The molecule has 0 saturated carbocycles. The number of fused-ring (bicyclic) bond motifs is 3. The molecule has 0 fully saturated rings. The van der Waals surface area contributed by atoms with Gasteiger partial charge in [-0.05, 0) is 36.2 Å². The quantitative estimate of drug-likeness (QED) is 0.527. The molecule has 0 aliphatic heterocycles. The number of carbonyl (C=O) groups excluding carboxylic acids is 1. The number of anilines is 1. The van der Waals surface area contributed by atoms with Crippen molar-refractivity contribution in [2.24, 2.45) is 7.05 Å². The topological polar surface area (TPSA) is 81.3 Å². The normalized spacial score (nSPS) is 11.2. The summed E-state index contributed by atoms with van der Waals surface area (Å²) in [6.45, 7) is 2.07. The number of nitrogens with zero attached hydrogens (tertiary/aromatic N) is 4. The SMILES string of the molecule is CCc1cccc(NC(=O)CSc2nnc3n(C)c(=O)c4ccccc4n23)c1. The second-order valence-electron chi connectivity index (χ2n) is 6.39. The Bertz CT molecular complexity index is 1240. The van der Waals surface area contributed by atoms with E-state index in [1.54, 1.807) is 13.1 Å². The Morgan fingerprint density at radius 1 is 1.14 bits per heavy atom. The van der Waals surface area contributed by atoms with Gasteiger partial charge in [-0.3, -0.25) is 18.6 Å². The third kappa shape index (κ3) is 3.27. The molecule has 28 heavy (non-hydrogen) atoms. The molecule has 1 N–H and O–H groups in total. The van der Waals surface area contributed by atoms with Gasteiger partial charge in [-0.2, -0.15) is 0 Å². The predicted molar refractivity (Wildman–Crippen MR) is 111 cm³/mol. The van der Waals surface area contributed by atoms with Crippen LogP contribution < -0.4 is 10.9 Å². The summed E-state index contributed by atoms with van der Waals surface area (Å²) in [4.78, 5) is 24.9. The highest BCUT2D eigenvalue weighted by Crippen LogP contribution is 2.21. The van der Waals surface area contributed by atoms with Gasteiger partial charge >= 0.3 is 0 Å². The number of thioether (sulfide) groups is 1. The number of hydrogen-bond donors (Lipinski definition) is 1. The van der Waals surface area contributed by atoms with Crippen LogP contribution in [0.25, 0.3) is 16.7 Å². The first-order valence-electron chi connectivity index (χ1n) is 8.93. The average Bonchev–Trinajstić information content (AvgIpc) is 3.15. The molecular formula is C20H19N5O2S.